The molecule has 0 aliphatic carbocycles. The zero-order chi connectivity index (χ0) is 22.4. The van der Waals surface area contributed by atoms with E-state index in [9.17, 15) is 19.1 Å². The number of carboxylic acid groups (broad SMARTS) is 1. The largest absolute Gasteiger partial charge is 0.493 e. The predicted molar refractivity (Wildman–Crippen MR) is 108 cm³/mol. The summed E-state index contributed by atoms with van der Waals surface area (Å²) >= 11 is 0. The summed E-state index contributed by atoms with van der Waals surface area (Å²) in [4.78, 5) is 24.0. The molecular weight excluding hydrogens is 407 g/mol. The molecule has 162 valence electrons. The summed E-state index contributed by atoms with van der Waals surface area (Å²) < 4.78 is 25.2. The molecule has 0 saturated heterocycles. The lowest BCUT2D eigenvalue weighted by Gasteiger charge is -2.18. The third-order valence-corrected chi connectivity index (χ3v) is 4.50. The van der Waals surface area contributed by atoms with Crippen molar-refractivity contribution in [2.75, 3.05) is 14.2 Å². The molecule has 1 heterocycles. The van der Waals surface area contributed by atoms with Crippen LogP contribution in [0.4, 0.5) is 4.39 Å². The number of nitrogens with zero attached hydrogens (tertiary/aromatic N) is 3. The number of carboxylic acids is 1. The zero-order valence-corrected chi connectivity index (χ0v) is 16.9. The third kappa shape index (κ3) is 5.56. The maximum Gasteiger partial charge on any atom is 0.305 e. The van der Waals surface area contributed by atoms with E-state index >= 15 is 0 Å². The van der Waals surface area contributed by atoms with E-state index in [1.807, 2.05) is 0 Å². The average molecular weight is 428 g/mol. The summed E-state index contributed by atoms with van der Waals surface area (Å²) in [6.07, 6.45) is 1.06. The van der Waals surface area contributed by atoms with Gasteiger partial charge < -0.3 is 19.9 Å². The third-order valence-electron chi connectivity index (χ3n) is 4.50. The molecule has 0 aliphatic rings. The molecular formula is C21H21FN4O5. The van der Waals surface area contributed by atoms with Crippen molar-refractivity contribution in [3.05, 3.63) is 71.3 Å². The summed E-state index contributed by atoms with van der Waals surface area (Å²) in [7, 11) is 2.95. The van der Waals surface area contributed by atoms with Crippen LogP contribution in [0.25, 0.3) is 0 Å². The van der Waals surface area contributed by atoms with Crippen LogP contribution in [-0.2, 0) is 11.3 Å². The van der Waals surface area contributed by atoms with Gasteiger partial charge >= 0.3 is 5.97 Å². The molecule has 1 amide bonds. The topological polar surface area (TPSA) is 116 Å². The Morgan fingerprint density at radius 2 is 1.94 bits per heavy atom. The molecule has 3 aromatic rings. The molecule has 0 aliphatic heterocycles. The smallest absolute Gasteiger partial charge is 0.305 e. The Hall–Kier alpha value is -3.95. The molecule has 9 nitrogen and oxygen atoms in total. The number of carbonyl (C=O) groups is 2. The normalized spacial score (nSPS) is 11.6. The maximum atomic E-state index is 13.3. The second kappa shape index (κ2) is 9.70. The molecule has 2 N–H and O–H groups in total. The van der Waals surface area contributed by atoms with Crippen molar-refractivity contribution >= 4 is 11.9 Å². The lowest BCUT2D eigenvalue weighted by atomic mass is 10.0. The van der Waals surface area contributed by atoms with E-state index in [4.69, 9.17) is 9.47 Å². The van der Waals surface area contributed by atoms with Crippen LogP contribution in [0.3, 0.4) is 0 Å². The van der Waals surface area contributed by atoms with Crippen LogP contribution < -0.4 is 14.8 Å². The lowest BCUT2D eigenvalue weighted by molar-refractivity contribution is -0.137. The van der Waals surface area contributed by atoms with Gasteiger partial charge in [0.1, 0.15) is 5.82 Å². The molecule has 0 bridgehead atoms. The van der Waals surface area contributed by atoms with Crippen molar-refractivity contribution < 1.29 is 28.6 Å². The minimum absolute atomic E-state index is 0.00673. The van der Waals surface area contributed by atoms with E-state index in [0.29, 0.717) is 22.6 Å². The number of amides is 1. The summed E-state index contributed by atoms with van der Waals surface area (Å²) in [5.41, 5.74) is 1.19. The average Bonchev–Trinajstić information content (AvgIpc) is 3.21. The van der Waals surface area contributed by atoms with Crippen LogP contribution in [-0.4, -0.2) is 46.2 Å². The number of aliphatic carboxylic acids is 1. The summed E-state index contributed by atoms with van der Waals surface area (Å²) in [6.45, 7) is 0.228. The molecule has 1 unspecified atom stereocenters. The van der Waals surface area contributed by atoms with Crippen molar-refractivity contribution in [2.45, 2.75) is 19.0 Å². The van der Waals surface area contributed by atoms with Gasteiger partial charge in [0.2, 0.25) is 0 Å². The van der Waals surface area contributed by atoms with Crippen molar-refractivity contribution in [1.29, 1.82) is 0 Å². The molecule has 2 aromatic carbocycles. The molecule has 1 atom stereocenters. The second-order valence-electron chi connectivity index (χ2n) is 6.67. The van der Waals surface area contributed by atoms with E-state index in [1.54, 1.807) is 30.3 Å². The van der Waals surface area contributed by atoms with Crippen molar-refractivity contribution in [3.63, 3.8) is 0 Å². The van der Waals surface area contributed by atoms with Crippen LogP contribution in [0.1, 0.15) is 34.1 Å². The number of rotatable bonds is 9. The number of aromatic nitrogens is 3. The van der Waals surface area contributed by atoms with Crippen LogP contribution >= 0.6 is 0 Å². The highest BCUT2D eigenvalue weighted by atomic mass is 19.1. The van der Waals surface area contributed by atoms with E-state index in [0.717, 1.165) is 0 Å². The number of ether oxygens (including phenoxy) is 2. The number of methoxy groups -OCH3 is 2. The molecule has 0 radical (unpaired) electrons. The molecule has 10 heteroatoms. The Kier molecular flexibility index (Phi) is 6.81. The van der Waals surface area contributed by atoms with Gasteiger partial charge in [-0.15, -0.1) is 5.10 Å². The molecule has 0 fully saturated rings. The Bertz CT molecular complexity index is 1090. The first kappa shape index (κ1) is 21.8. The first-order valence-corrected chi connectivity index (χ1v) is 9.28. The highest BCUT2D eigenvalue weighted by molar-refractivity contribution is 5.92. The first-order valence-electron chi connectivity index (χ1n) is 9.28. The molecule has 0 spiro atoms. The number of halogens is 1. The monoisotopic (exact) mass is 428 g/mol. The first-order chi connectivity index (χ1) is 14.9. The number of hydrogen-bond donors (Lipinski definition) is 2. The van der Waals surface area contributed by atoms with Crippen molar-refractivity contribution in [2.24, 2.45) is 0 Å². The van der Waals surface area contributed by atoms with Crippen LogP contribution in [0, 0.1) is 5.82 Å². The highest BCUT2D eigenvalue weighted by Gasteiger charge is 2.22. The fraction of sp³-hybridized carbons (Fsp3) is 0.238. The number of benzene rings is 2. The minimum atomic E-state index is -1.09. The number of carbonyl (C=O) groups excluding carboxylic acids is 1. The van der Waals surface area contributed by atoms with Gasteiger partial charge in [-0.1, -0.05) is 23.4 Å². The van der Waals surface area contributed by atoms with Gasteiger partial charge in [-0.05, 0) is 35.4 Å². The minimum Gasteiger partial charge on any atom is -0.493 e. The van der Waals surface area contributed by atoms with E-state index < -0.39 is 17.9 Å². The van der Waals surface area contributed by atoms with E-state index in [-0.39, 0.29) is 24.5 Å². The van der Waals surface area contributed by atoms with Gasteiger partial charge in [-0.25, -0.2) is 9.07 Å². The summed E-state index contributed by atoms with van der Waals surface area (Å²) in [6, 6.07) is 10.0. The van der Waals surface area contributed by atoms with Crippen LogP contribution in [0.5, 0.6) is 11.5 Å². The summed E-state index contributed by atoms with van der Waals surface area (Å²) in [5, 5.41) is 19.7. The fourth-order valence-electron chi connectivity index (χ4n) is 3.03. The van der Waals surface area contributed by atoms with Gasteiger partial charge in [0.25, 0.3) is 5.91 Å². The Balaban J connectivity index is 1.77. The van der Waals surface area contributed by atoms with Crippen molar-refractivity contribution in [3.8, 4) is 11.5 Å². The SMILES string of the molecule is COc1ccc(C(CC(=O)O)NC(=O)c2cn(Cc3cccc(F)c3)nn2)cc1OC. The van der Waals surface area contributed by atoms with Crippen molar-refractivity contribution in [1.82, 2.24) is 20.3 Å². The van der Waals surface area contributed by atoms with Crippen LogP contribution in [0.15, 0.2) is 48.7 Å². The Morgan fingerprint density at radius 3 is 2.61 bits per heavy atom. The van der Waals surface area contributed by atoms with Gasteiger partial charge in [0.05, 0.1) is 39.4 Å². The second-order valence-corrected chi connectivity index (χ2v) is 6.67. The van der Waals surface area contributed by atoms with Crippen LogP contribution in [0.2, 0.25) is 0 Å². The highest BCUT2D eigenvalue weighted by Crippen LogP contribution is 2.31. The quantitative estimate of drug-likeness (QED) is 0.538. The number of hydrogen-bond acceptors (Lipinski definition) is 6. The molecule has 31 heavy (non-hydrogen) atoms. The predicted octanol–water partition coefficient (Wildman–Crippen LogP) is 2.43. The van der Waals surface area contributed by atoms with E-state index in [2.05, 4.69) is 15.6 Å². The maximum absolute atomic E-state index is 13.3. The van der Waals surface area contributed by atoms with E-state index in [1.165, 1.54) is 37.2 Å². The van der Waals surface area contributed by atoms with Gasteiger partial charge in [-0.3, -0.25) is 9.59 Å². The van der Waals surface area contributed by atoms with Gasteiger partial charge in [-0.2, -0.15) is 0 Å². The van der Waals surface area contributed by atoms with Gasteiger partial charge in [0.15, 0.2) is 17.2 Å². The molecule has 1 aromatic heterocycles. The summed E-state index contributed by atoms with van der Waals surface area (Å²) in [5.74, 6) is -1.17. The standard InChI is InChI=1S/C21H21FN4O5/c1-30-18-7-6-14(9-19(18)31-2)16(10-20(27)28)23-21(29)17-12-26(25-24-17)11-13-4-3-5-15(22)8-13/h3-9,12,16H,10-11H2,1-2H3,(H,23,29)(H,27,28). The van der Waals surface area contributed by atoms with Gasteiger partial charge in [0, 0.05) is 0 Å². The molecule has 0 saturated carbocycles. The Morgan fingerprint density at radius 1 is 1.16 bits per heavy atom. The molecule has 3 rings (SSSR count). The fourth-order valence-corrected chi connectivity index (χ4v) is 3.03. The zero-order valence-electron chi connectivity index (χ0n) is 16.9. The Labute approximate surface area is 177 Å². The lowest BCUT2D eigenvalue weighted by Crippen LogP contribution is -2.30. The number of nitrogens with one attached hydrogen (secondary N) is 1.